The first-order valence-corrected chi connectivity index (χ1v) is 5.93. The third-order valence-electron chi connectivity index (χ3n) is 3.39. The molecule has 2 unspecified atom stereocenters. The van der Waals surface area contributed by atoms with Crippen LogP contribution in [-0.2, 0) is 0 Å². The molecule has 0 aliphatic heterocycles. The molecule has 0 aromatic heterocycles. The standard InChI is InChI=1S/C14H22O.ClH/c1-5-10(3)12-8-7-9-13(14(12)15)11(4)6-2;/h7-11,15H,5-6H2,1-4H3;1H. The van der Waals surface area contributed by atoms with Gasteiger partial charge in [-0.15, -0.1) is 12.4 Å². The van der Waals surface area contributed by atoms with Crippen molar-refractivity contribution in [3.63, 3.8) is 0 Å². The van der Waals surface area contributed by atoms with Gasteiger partial charge in [-0.05, 0) is 35.8 Å². The number of rotatable bonds is 4. The SMILES string of the molecule is CCC(C)c1cccc(C(C)CC)c1O.Cl. The second-order valence-electron chi connectivity index (χ2n) is 4.40. The van der Waals surface area contributed by atoms with Crippen molar-refractivity contribution >= 4 is 12.4 Å². The molecule has 0 radical (unpaired) electrons. The molecule has 2 atom stereocenters. The van der Waals surface area contributed by atoms with E-state index in [-0.39, 0.29) is 12.4 Å². The highest BCUT2D eigenvalue weighted by atomic mass is 35.5. The van der Waals surface area contributed by atoms with Crippen molar-refractivity contribution < 1.29 is 5.11 Å². The number of phenols is 1. The van der Waals surface area contributed by atoms with Gasteiger partial charge in [0.1, 0.15) is 5.75 Å². The molecule has 1 N–H and O–H groups in total. The third-order valence-corrected chi connectivity index (χ3v) is 3.39. The Morgan fingerprint density at radius 2 is 1.38 bits per heavy atom. The highest BCUT2D eigenvalue weighted by molar-refractivity contribution is 5.85. The summed E-state index contributed by atoms with van der Waals surface area (Å²) in [7, 11) is 0. The molecule has 0 bridgehead atoms. The number of benzene rings is 1. The molecule has 1 nitrogen and oxygen atoms in total. The Hall–Kier alpha value is -0.690. The monoisotopic (exact) mass is 242 g/mol. The summed E-state index contributed by atoms with van der Waals surface area (Å²) >= 11 is 0. The molecule has 0 fully saturated rings. The minimum absolute atomic E-state index is 0. The largest absolute Gasteiger partial charge is 0.507 e. The van der Waals surface area contributed by atoms with Crippen LogP contribution >= 0.6 is 12.4 Å². The Labute approximate surface area is 105 Å². The van der Waals surface area contributed by atoms with Crippen molar-refractivity contribution in [1.29, 1.82) is 0 Å². The maximum Gasteiger partial charge on any atom is 0.122 e. The molecular weight excluding hydrogens is 220 g/mol. The van der Waals surface area contributed by atoms with Crippen LogP contribution in [0.4, 0.5) is 0 Å². The molecule has 1 rings (SSSR count). The summed E-state index contributed by atoms with van der Waals surface area (Å²) in [6, 6.07) is 6.13. The van der Waals surface area contributed by atoms with Gasteiger partial charge in [-0.3, -0.25) is 0 Å². The summed E-state index contributed by atoms with van der Waals surface area (Å²) in [4.78, 5) is 0. The van der Waals surface area contributed by atoms with E-state index in [1.54, 1.807) is 0 Å². The van der Waals surface area contributed by atoms with E-state index < -0.39 is 0 Å². The zero-order valence-electron chi connectivity index (χ0n) is 10.7. The number of phenolic OH excluding ortho intramolecular Hbond substituents is 1. The van der Waals surface area contributed by atoms with Crippen LogP contribution < -0.4 is 0 Å². The highest BCUT2D eigenvalue weighted by Crippen LogP contribution is 2.35. The van der Waals surface area contributed by atoms with Crippen LogP contribution in [0.3, 0.4) is 0 Å². The van der Waals surface area contributed by atoms with Crippen molar-refractivity contribution in [2.24, 2.45) is 0 Å². The fraction of sp³-hybridized carbons (Fsp3) is 0.571. The minimum Gasteiger partial charge on any atom is -0.507 e. The van der Waals surface area contributed by atoms with E-state index in [1.165, 1.54) is 0 Å². The number of hydrogen-bond donors (Lipinski definition) is 1. The Morgan fingerprint density at radius 1 is 1.00 bits per heavy atom. The topological polar surface area (TPSA) is 20.2 Å². The Morgan fingerprint density at radius 3 is 1.69 bits per heavy atom. The van der Waals surface area contributed by atoms with Crippen molar-refractivity contribution in [3.05, 3.63) is 29.3 Å². The molecule has 1 aromatic carbocycles. The molecule has 0 saturated carbocycles. The molecule has 0 aliphatic carbocycles. The predicted octanol–water partition coefficient (Wildman–Crippen LogP) is 4.84. The Bertz CT molecular complexity index is 294. The van der Waals surface area contributed by atoms with Crippen LogP contribution in [0.25, 0.3) is 0 Å². The lowest BCUT2D eigenvalue weighted by Gasteiger charge is -2.17. The van der Waals surface area contributed by atoms with Crippen molar-refractivity contribution in [2.45, 2.75) is 52.4 Å². The summed E-state index contributed by atoms with van der Waals surface area (Å²) in [6.45, 7) is 8.63. The van der Waals surface area contributed by atoms with Gasteiger partial charge in [-0.1, -0.05) is 45.9 Å². The predicted molar refractivity (Wildman–Crippen MR) is 72.8 cm³/mol. The molecule has 92 valence electrons. The normalized spacial score (nSPS) is 14.0. The van der Waals surface area contributed by atoms with Crippen molar-refractivity contribution in [1.82, 2.24) is 0 Å². The molecular formula is C14H23ClO. The van der Waals surface area contributed by atoms with Crippen LogP contribution in [0.1, 0.15) is 63.5 Å². The fourth-order valence-corrected chi connectivity index (χ4v) is 1.82. The van der Waals surface area contributed by atoms with Crippen LogP contribution in [0, 0.1) is 0 Å². The van der Waals surface area contributed by atoms with Crippen LogP contribution in [0.2, 0.25) is 0 Å². The van der Waals surface area contributed by atoms with Gasteiger partial charge < -0.3 is 5.11 Å². The summed E-state index contributed by atoms with van der Waals surface area (Å²) < 4.78 is 0. The van der Waals surface area contributed by atoms with Gasteiger partial charge in [0.15, 0.2) is 0 Å². The minimum atomic E-state index is 0. The first-order valence-electron chi connectivity index (χ1n) is 5.93. The molecule has 16 heavy (non-hydrogen) atoms. The van der Waals surface area contributed by atoms with Gasteiger partial charge in [0, 0.05) is 0 Å². The Balaban J connectivity index is 0.00000225. The summed E-state index contributed by atoms with van der Waals surface area (Å²) in [5, 5.41) is 10.2. The summed E-state index contributed by atoms with van der Waals surface area (Å²) in [5.74, 6) is 1.39. The molecule has 0 amide bonds. The van der Waals surface area contributed by atoms with Crippen molar-refractivity contribution in [3.8, 4) is 5.75 Å². The number of aromatic hydroxyl groups is 1. The van der Waals surface area contributed by atoms with Gasteiger partial charge in [0.2, 0.25) is 0 Å². The van der Waals surface area contributed by atoms with Gasteiger partial charge in [-0.25, -0.2) is 0 Å². The first-order chi connectivity index (χ1) is 7.11. The van der Waals surface area contributed by atoms with Gasteiger partial charge in [-0.2, -0.15) is 0 Å². The fourth-order valence-electron chi connectivity index (χ4n) is 1.82. The van der Waals surface area contributed by atoms with Crippen LogP contribution in [0.5, 0.6) is 5.75 Å². The third kappa shape index (κ3) is 3.15. The average Bonchev–Trinajstić information content (AvgIpc) is 2.27. The smallest absolute Gasteiger partial charge is 0.122 e. The summed E-state index contributed by atoms with van der Waals surface area (Å²) in [6.07, 6.45) is 2.13. The van der Waals surface area contributed by atoms with Crippen molar-refractivity contribution in [2.75, 3.05) is 0 Å². The highest BCUT2D eigenvalue weighted by Gasteiger charge is 2.14. The van der Waals surface area contributed by atoms with Crippen LogP contribution in [-0.4, -0.2) is 5.11 Å². The lowest BCUT2D eigenvalue weighted by molar-refractivity contribution is 0.449. The average molecular weight is 243 g/mol. The molecule has 0 aliphatic rings. The zero-order chi connectivity index (χ0) is 11.4. The number of hydrogen-bond acceptors (Lipinski definition) is 1. The van der Waals surface area contributed by atoms with E-state index in [9.17, 15) is 5.11 Å². The first kappa shape index (κ1) is 15.3. The lowest BCUT2D eigenvalue weighted by atomic mass is 9.90. The molecule has 0 spiro atoms. The summed E-state index contributed by atoms with van der Waals surface area (Å²) in [5.41, 5.74) is 2.19. The molecule has 0 heterocycles. The Kier molecular flexibility index (Phi) is 6.51. The molecule has 1 aromatic rings. The van der Waals surface area contributed by atoms with E-state index in [4.69, 9.17) is 0 Å². The number of para-hydroxylation sites is 1. The van der Waals surface area contributed by atoms with Gasteiger partial charge >= 0.3 is 0 Å². The number of halogens is 1. The zero-order valence-corrected chi connectivity index (χ0v) is 11.5. The second-order valence-corrected chi connectivity index (χ2v) is 4.40. The maximum absolute atomic E-state index is 10.2. The van der Waals surface area contributed by atoms with Crippen LogP contribution in [0.15, 0.2) is 18.2 Å². The lowest BCUT2D eigenvalue weighted by Crippen LogP contribution is -1.98. The van der Waals surface area contributed by atoms with Gasteiger partial charge in [0.05, 0.1) is 0 Å². The van der Waals surface area contributed by atoms with E-state index in [0.717, 1.165) is 24.0 Å². The second kappa shape index (κ2) is 6.80. The van der Waals surface area contributed by atoms with E-state index in [0.29, 0.717) is 17.6 Å². The molecule has 0 saturated heterocycles. The van der Waals surface area contributed by atoms with Gasteiger partial charge in [0.25, 0.3) is 0 Å². The maximum atomic E-state index is 10.2. The van der Waals surface area contributed by atoms with E-state index in [1.807, 2.05) is 12.1 Å². The molecule has 2 heteroatoms. The van der Waals surface area contributed by atoms with E-state index in [2.05, 4.69) is 33.8 Å². The van der Waals surface area contributed by atoms with E-state index >= 15 is 0 Å². The quantitative estimate of drug-likeness (QED) is 0.801.